The first-order chi connectivity index (χ1) is 6.59. The van der Waals surface area contributed by atoms with Crippen LogP contribution in [0.25, 0.3) is 0 Å². The highest BCUT2D eigenvalue weighted by molar-refractivity contribution is 5.29. The van der Waals surface area contributed by atoms with E-state index < -0.39 is 0 Å². The molecule has 1 nitrogen and oxygen atoms in total. The molecule has 1 aromatic rings. The Morgan fingerprint density at radius 3 is 2.43 bits per heavy atom. The molecule has 78 valence electrons. The Bertz CT molecular complexity index is 289. The number of benzene rings is 1. The summed E-state index contributed by atoms with van der Waals surface area (Å²) in [7, 11) is 0. The van der Waals surface area contributed by atoms with Gasteiger partial charge in [-0.05, 0) is 43.0 Å². The molecular formula is C13H21N. The van der Waals surface area contributed by atoms with Crippen LogP contribution in [0.4, 0.5) is 0 Å². The first-order valence-electron chi connectivity index (χ1n) is 5.36. The Labute approximate surface area is 87.5 Å². The van der Waals surface area contributed by atoms with Crippen molar-refractivity contribution >= 4 is 0 Å². The second-order valence-corrected chi connectivity index (χ2v) is 4.44. The second kappa shape index (κ2) is 5.16. The molecule has 0 atom stereocenters. The van der Waals surface area contributed by atoms with Crippen LogP contribution in [0, 0.1) is 19.8 Å². The Kier molecular flexibility index (Phi) is 4.15. The van der Waals surface area contributed by atoms with Crippen LogP contribution in [0.15, 0.2) is 18.2 Å². The second-order valence-electron chi connectivity index (χ2n) is 4.44. The van der Waals surface area contributed by atoms with Crippen LogP contribution in [-0.2, 0) is 6.54 Å². The molecule has 1 aromatic carbocycles. The van der Waals surface area contributed by atoms with E-state index in [0.717, 1.165) is 19.0 Å². The summed E-state index contributed by atoms with van der Waals surface area (Å²) in [5, 5.41) is 3.45. The molecule has 0 unspecified atom stereocenters. The van der Waals surface area contributed by atoms with Crippen LogP contribution in [0.2, 0.25) is 0 Å². The van der Waals surface area contributed by atoms with Gasteiger partial charge in [-0.2, -0.15) is 0 Å². The Hall–Kier alpha value is -0.820. The summed E-state index contributed by atoms with van der Waals surface area (Å²) in [6.45, 7) is 10.9. The molecule has 0 aliphatic carbocycles. The van der Waals surface area contributed by atoms with Crippen LogP contribution >= 0.6 is 0 Å². The lowest BCUT2D eigenvalue weighted by atomic mass is 10.1. The predicted octanol–water partition coefficient (Wildman–Crippen LogP) is 3.05. The van der Waals surface area contributed by atoms with Gasteiger partial charge in [0.05, 0.1) is 0 Å². The monoisotopic (exact) mass is 191 g/mol. The average molecular weight is 191 g/mol. The summed E-state index contributed by atoms with van der Waals surface area (Å²) in [6, 6.07) is 6.67. The van der Waals surface area contributed by atoms with Crippen LogP contribution in [0.1, 0.15) is 30.5 Å². The van der Waals surface area contributed by atoms with E-state index >= 15 is 0 Å². The van der Waals surface area contributed by atoms with Crippen LogP contribution < -0.4 is 5.32 Å². The summed E-state index contributed by atoms with van der Waals surface area (Å²) in [4.78, 5) is 0. The molecular weight excluding hydrogens is 170 g/mol. The minimum absolute atomic E-state index is 0.724. The van der Waals surface area contributed by atoms with Gasteiger partial charge in [-0.1, -0.05) is 32.0 Å². The number of aryl methyl sites for hydroxylation is 2. The molecule has 0 radical (unpaired) electrons. The molecule has 0 spiro atoms. The Morgan fingerprint density at radius 1 is 1.14 bits per heavy atom. The van der Waals surface area contributed by atoms with Gasteiger partial charge >= 0.3 is 0 Å². The largest absolute Gasteiger partial charge is 0.312 e. The van der Waals surface area contributed by atoms with Gasteiger partial charge in [0.25, 0.3) is 0 Å². The van der Waals surface area contributed by atoms with E-state index in [2.05, 4.69) is 51.2 Å². The minimum atomic E-state index is 0.724. The molecule has 1 N–H and O–H groups in total. The van der Waals surface area contributed by atoms with E-state index in [0.29, 0.717) is 0 Å². The smallest absolute Gasteiger partial charge is 0.0205 e. The molecule has 0 aliphatic heterocycles. The zero-order chi connectivity index (χ0) is 10.6. The molecule has 0 saturated carbocycles. The quantitative estimate of drug-likeness (QED) is 0.771. The summed E-state index contributed by atoms with van der Waals surface area (Å²) < 4.78 is 0. The topological polar surface area (TPSA) is 12.0 Å². The molecule has 0 heterocycles. The van der Waals surface area contributed by atoms with Crippen LogP contribution in [0.3, 0.4) is 0 Å². The molecule has 0 amide bonds. The highest BCUT2D eigenvalue weighted by Crippen LogP contribution is 2.09. The van der Waals surface area contributed by atoms with Gasteiger partial charge < -0.3 is 5.32 Å². The molecule has 0 fully saturated rings. The van der Waals surface area contributed by atoms with Crippen molar-refractivity contribution in [2.75, 3.05) is 6.54 Å². The maximum atomic E-state index is 3.45. The standard InChI is InChI=1S/C13H21N/c1-10(2)8-14-9-13-6-5-11(3)12(4)7-13/h5-7,10,14H,8-9H2,1-4H3. The van der Waals surface area contributed by atoms with E-state index in [-0.39, 0.29) is 0 Å². The fourth-order valence-electron chi connectivity index (χ4n) is 1.42. The molecule has 1 heteroatoms. The highest BCUT2D eigenvalue weighted by Gasteiger charge is 1.97. The molecule has 0 saturated heterocycles. The lowest BCUT2D eigenvalue weighted by molar-refractivity contribution is 0.552. The number of rotatable bonds is 4. The van der Waals surface area contributed by atoms with Gasteiger partial charge in [-0.25, -0.2) is 0 Å². The predicted molar refractivity (Wildman–Crippen MR) is 62.5 cm³/mol. The molecule has 14 heavy (non-hydrogen) atoms. The number of hydrogen-bond acceptors (Lipinski definition) is 1. The fraction of sp³-hybridized carbons (Fsp3) is 0.538. The van der Waals surface area contributed by atoms with Crippen molar-refractivity contribution in [3.63, 3.8) is 0 Å². The highest BCUT2D eigenvalue weighted by atomic mass is 14.8. The van der Waals surface area contributed by atoms with E-state index in [1.165, 1.54) is 16.7 Å². The lowest BCUT2D eigenvalue weighted by Crippen LogP contribution is -2.18. The van der Waals surface area contributed by atoms with Gasteiger partial charge in [-0.3, -0.25) is 0 Å². The van der Waals surface area contributed by atoms with Gasteiger partial charge in [0.2, 0.25) is 0 Å². The van der Waals surface area contributed by atoms with E-state index in [4.69, 9.17) is 0 Å². The zero-order valence-electron chi connectivity index (χ0n) is 9.72. The maximum absolute atomic E-state index is 3.45. The zero-order valence-corrected chi connectivity index (χ0v) is 9.72. The van der Waals surface area contributed by atoms with Crippen molar-refractivity contribution < 1.29 is 0 Å². The van der Waals surface area contributed by atoms with Crippen molar-refractivity contribution in [1.29, 1.82) is 0 Å². The van der Waals surface area contributed by atoms with Gasteiger partial charge in [-0.15, -0.1) is 0 Å². The number of hydrogen-bond donors (Lipinski definition) is 1. The summed E-state index contributed by atoms with van der Waals surface area (Å²) in [5.74, 6) is 0.724. The van der Waals surface area contributed by atoms with Crippen molar-refractivity contribution in [2.24, 2.45) is 5.92 Å². The van der Waals surface area contributed by atoms with Crippen molar-refractivity contribution in [3.05, 3.63) is 34.9 Å². The van der Waals surface area contributed by atoms with E-state index in [9.17, 15) is 0 Å². The van der Waals surface area contributed by atoms with Crippen LogP contribution in [-0.4, -0.2) is 6.54 Å². The van der Waals surface area contributed by atoms with Crippen LogP contribution in [0.5, 0.6) is 0 Å². The first-order valence-corrected chi connectivity index (χ1v) is 5.36. The molecule has 1 rings (SSSR count). The molecule has 0 aromatic heterocycles. The Balaban J connectivity index is 2.47. The minimum Gasteiger partial charge on any atom is -0.312 e. The van der Waals surface area contributed by atoms with Crippen molar-refractivity contribution in [1.82, 2.24) is 5.32 Å². The normalized spacial score (nSPS) is 10.9. The van der Waals surface area contributed by atoms with Gasteiger partial charge in [0.15, 0.2) is 0 Å². The number of nitrogens with one attached hydrogen (secondary N) is 1. The molecule has 0 aliphatic rings. The summed E-state index contributed by atoms with van der Waals surface area (Å²) in [5.41, 5.74) is 4.14. The first kappa shape index (κ1) is 11.3. The van der Waals surface area contributed by atoms with E-state index in [1.54, 1.807) is 0 Å². The maximum Gasteiger partial charge on any atom is 0.0205 e. The fourth-order valence-corrected chi connectivity index (χ4v) is 1.42. The lowest BCUT2D eigenvalue weighted by Gasteiger charge is -2.08. The molecule has 0 bridgehead atoms. The van der Waals surface area contributed by atoms with Crippen molar-refractivity contribution in [2.45, 2.75) is 34.2 Å². The Morgan fingerprint density at radius 2 is 1.86 bits per heavy atom. The summed E-state index contributed by atoms with van der Waals surface area (Å²) >= 11 is 0. The average Bonchev–Trinajstić information content (AvgIpc) is 2.10. The third-order valence-corrected chi connectivity index (χ3v) is 2.45. The van der Waals surface area contributed by atoms with Gasteiger partial charge in [0.1, 0.15) is 0 Å². The SMILES string of the molecule is Cc1ccc(CNCC(C)C)cc1C. The third-order valence-electron chi connectivity index (χ3n) is 2.45. The summed E-state index contributed by atoms with van der Waals surface area (Å²) in [6.07, 6.45) is 0. The third kappa shape index (κ3) is 3.51. The van der Waals surface area contributed by atoms with Gasteiger partial charge in [0, 0.05) is 6.54 Å². The van der Waals surface area contributed by atoms with Crippen molar-refractivity contribution in [3.8, 4) is 0 Å². The van der Waals surface area contributed by atoms with E-state index in [1.807, 2.05) is 0 Å².